The van der Waals surface area contributed by atoms with Crippen molar-refractivity contribution in [2.45, 2.75) is 27.2 Å². The summed E-state index contributed by atoms with van der Waals surface area (Å²) in [5, 5.41) is 0. The molecule has 0 radical (unpaired) electrons. The standard InChI is InChI=1S/C15H20N2O2/c1-4-7-16-8-9-17(15(19)14(16)18)13-6-5-11(2)10-12(13)3/h5-6,10H,4,7-9H2,1-3H3. The van der Waals surface area contributed by atoms with Crippen LogP contribution in [0.4, 0.5) is 5.69 Å². The number of nitrogens with zero attached hydrogens (tertiary/aromatic N) is 2. The summed E-state index contributed by atoms with van der Waals surface area (Å²) in [4.78, 5) is 27.4. The molecule has 1 aromatic carbocycles. The number of aryl methyl sites for hydroxylation is 2. The first-order valence-electron chi connectivity index (χ1n) is 6.72. The third-order valence-corrected chi connectivity index (χ3v) is 3.45. The van der Waals surface area contributed by atoms with Crippen molar-refractivity contribution in [1.82, 2.24) is 4.90 Å². The normalized spacial score (nSPS) is 16.2. The molecular weight excluding hydrogens is 240 g/mol. The van der Waals surface area contributed by atoms with Gasteiger partial charge >= 0.3 is 11.8 Å². The number of hydrogen-bond donors (Lipinski definition) is 0. The van der Waals surface area contributed by atoms with Crippen LogP contribution in [0.2, 0.25) is 0 Å². The molecule has 4 heteroatoms. The molecule has 0 aromatic heterocycles. The molecule has 4 nitrogen and oxygen atoms in total. The van der Waals surface area contributed by atoms with Crippen molar-refractivity contribution in [3.8, 4) is 0 Å². The summed E-state index contributed by atoms with van der Waals surface area (Å²) in [5.41, 5.74) is 3.04. The lowest BCUT2D eigenvalue weighted by Gasteiger charge is -2.34. The van der Waals surface area contributed by atoms with E-state index in [2.05, 4.69) is 0 Å². The Morgan fingerprint density at radius 2 is 1.84 bits per heavy atom. The first kappa shape index (κ1) is 13.6. The van der Waals surface area contributed by atoms with Gasteiger partial charge in [-0.2, -0.15) is 0 Å². The second-order valence-corrected chi connectivity index (χ2v) is 5.04. The van der Waals surface area contributed by atoms with E-state index in [-0.39, 0.29) is 5.91 Å². The second kappa shape index (κ2) is 5.43. The average Bonchev–Trinajstić information content (AvgIpc) is 2.37. The molecule has 0 spiro atoms. The summed E-state index contributed by atoms with van der Waals surface area (Å²) in [5.74, 6) is -0.792. The molecule has 0 unspecified atom stereocenters. The molecule has 0 atom stereocenters. The number of amides is 2. The van der Waals surface area contributed by atoms with Gasteiger partial charge in [-0.1, -0.05) is 24.6 Å². The molecular formula is C15H20N2O2. The fourth-order valence-electron chi connectivity index (χ4n) is 2.50. The highest BCUT2D eigenvalue weighted by Gasteiger charge is 2.33. The lowest BCUT2D eigenvalue weighted by molar-refractivity contribution is -0.146. The van der Waals surface area contributed by atoms with E-state index < -0.39 is 5.91 Å². The lowest BCUT2D eigenvalue weighted by Crippen LogP contribution is -2.54. The third-order valence-electron chi connectivity index (χ3n) is 3.45. The van der Waals surface area contributed by atoms with E-state index >= 15 is 0 Å². The largest absolute Gasteiger partial charge is 0.333 e. The highest BCUT2D eigenvalue weighted by atomic mass is 16.2. The predicted molar refractivity (Wildman–Crippen MR) is 75.1 cm³/mol. The monoisotopic (exact) mass is 260 g/mol. The minimum absolute atomic E-state index is 0.381. The molecule has 1 aliphatic heterocycles. The van der Waals surface area contributed by atoms with Gasteiger partial charge in [-0.25, -0.2) is 0 Å². The van der Waals surface area contributed by atoms with Gasteiger partial charge in [0, 0.05) is 25.3 Å². The van der Waals surface area contributed by atoms with Crippen LogP contribution in [0.25, 0.3) is 0 Å². The Morgan fingerprint density at radius 1 is 1.11 bits per heavy atom. The topological polar surface area (TPSA) is 40.6 Å². The van der Waals surface area contributed by atoms with Crippen LogP contribution in [-0.4, -0.2) is 36.3 Å². The first-order chi connectivity index (χ1) is 9.04. The number of hydrogen-bond acceptors (Lipinski definition) is 2. The average molecular weight is 260 g/mol. The minimum Gasteiger partial charge on any atom is -0.333 e. The minimum atomic E-state index is -0.411. The van der Waals surface area contributed by atoms with E-state index in [0.29, 0.717) is 19.6 Å². The first-order valence-corrected chi connectivity index (χ1v) is 6.72. The molecule has 1 aromatic rings. The summed E-state index contributed by atoms with van der Waals surface area (Å²) in [7, 11) is 0. The third kappa shape index (κ3) is 2.62. The van der Waals surface area contributed by atoms with Crippen LogP contribution in [0, 0.1) is 13.8 Å². The second-order valence-electron chi connectivity index (χ2n) is 5.04. The Bertz CT molecular complexity index is 511. The quantitative estimate of drug-likeness (QED) is 0.779. The van der Waals surface area contributed by atoms with Crippen molar-refractivity contribution in [2.75, 3.05) is 24.5 Å². The summed E-state index contributed by atoms with van der Waals surface area (Å²) >= 11 is 0. The van der Waals surface area contributed by atoms with Gasteiger partial charge in [-0.05, 0) is 31.9 Å². The maximum Gasteiger partial charge on any atom is 0.316 e. The molecule has 1 saturated heterocycles. The number of piperazine rings is 1. The van der Waals surface area contributed by atoms with Gasteiger partial charge in [0.2, 0.25) is 0 Å². The Hall–Kier alpha value is -1.84. The molecule has 1 aliphatic rings. The fourth-order valence-corrected chi connectivity index (χ4v) is 2.50. The smallest absolute Gasteiger partial charge is 0.316 e. The molecule has 0 saturated carbocycles. The molecule has 1 fully saturated rings. The zero-order valence-corrected chi connectivity index (χ0v) is 11.8. The van der Waals surface area contributed by atoms with Crippen molar-refractivity contribution in [2.24, 2.45) is 0 Å². The van der Waals surface area contributed by atoms with E-state index in [9.17, 15) is 9.59 Å². The number of carbonyl (C=O) groups is 2. The van der Waals surface area contributed by atoms with Gasteiger partial charge in [-0.3, -0.25) is 9.59 Å². The van der Waals surface area contributed by atoms with Gasteiger partial charge in [0.25, 0.3) is 0 Å². The number of rotatable bonds is 3. The predicted octanol–water partition coefficient (Wildman–Crippen LogP) is 1.89. The zero-order chi connectivity index (χ0) is 14.0. The van der Waals surface area contributed by atoms with Crippen LogP contribution in [-0.2, 0) is 9.59 Å². The summed E-state index contributed by atoms with van der Waals surface area (Å²) in [6, 6.07) is 5.93. The van der Waals surface area contributed by atoms with E-state index in [1.807, 2.05) is 39.0 Å². The summed E-state index contributed by atoms with van der Waals surface area (Å²) in [6.45, 7) is 7.85. The van der Waals surface area contributed by atoms with Crippen molar-refractivity contribution in [1.29, 1.82) is 0 Å². The molecule has 0 bridgehead atoms. The van der Waals surface area contributed by atoms with Crippen LogP contribution in [0.5, 0.6) is 0 Å². The number of carbonyl (C=O) groups excluding carboxylic acids is 2. The highest BCUT2D eigenvalue weighted by Crippen LogP contribution is 2.23. The molecule has 2 amide bonds. The van der Waals surface area contributed by atoms with Crippen molar-refractivity contribution < 1.29 is 9.59 Å². The van der Waals surface area contributed by atoms with E-state index in [1.54, 1.807) is 9.80 Å². The van der Waals surface area contributed by atoms with Crippen LogP contribution in [0.15, 0.2) is 18.2 Å². The van der Waals surface area contributed by atoms with Crippen LogP contribution in [0.1, 0.15) is 24.5 Å². The Morgan fingerprint density at radius 3 is 2.47 bits per heavy atom. The van der Waals surface area contributed by atoms with Gasteiger partial charge in [0.05, 0.1) is 0 Å². The van der Waals surface area contributed by atoms with Gasteiger partial charge in [0.1, 0.15) is 0 Å². The maximum absolute atomic E-state index is 12.2. The zero-order valence-electron chi connectivity index (χ0n) is 11.8. The van der Waals surface area contributed by atoms with Crippen LogP contribution >= 0.6 is 0 Å². The molecule has 102 valence electrons. The molecule has 1 heterocycles. The van der Waals surface area contributed by atoms with E-state index in [1.165, 1.54) is 0 Å². The van der Waals surface area contributed by atoms with Gasteiger partial charge < -0.3 is 9.80 Å². The number of benzene rings is 1. The van der Waals surface area contributed by atoms with Crippen LogP contribution < -0.4 is 4.90 Å². The highest BCUT2D eigenvalue weighted by molar-refractivity contribution is 6.41. The number of anilines is 1. The van der Waals surface area contributed by atoms with Crippen molar-refractivity contribution >= 4 is 17.5 Å². The molecule has 2 rings (SSSR count). The summed E-state index contributed by atoms with van der Waals surface area (Å²) < 4.78 is 0. The van der Waals surface area contributed by atoms with E-state index in [0.717, 1.165) is 23.2 Å². The van der Waals surface area contributed by atoms with Gasteiger partial charge in [-0.15, -0.1) is 0 Å². The SMILES string of the molecule is CCCN1CCN(c2ccc(C)cc2C)C(=O)C1=O. The van der Waals surface area contributed by atoms with Crippen molar-refractivity contribution in [3.63, 3.8) is 0 Å². The van der Waals surface area contributed by atoms with Gasteiger partial charge in [0.15, 0.2) is 0 Å². The Balaban J connectivity index is 2.23. The lowest BCUT2D eigenvalue weighted by atomic mass is 10.1. The molecule has 0 aliphatic carbocycles. The summed E-state index contributed by atoms with van der Waals surface area (Å²) in [6.07, 6.45) is 0.878. The fraction of sp³-hybridized carbons (Fsp3) is 0.467. The van der Waals surface area contributed by atoms with Crippen LogP contribution in [0.3, 0.4) is 0 Å². The molecule has 0 N–H and O–H groups in total. The van der Waals surface area contributed by atoms with Crippen molar-refractivity contribution in [3.05, 3.63) is 29.3 Å². The maximum atomic E-state index is 12.2. The van der Waals surface area contributed by atoms with E-state index in [4.69, 9.17) is 0 Å². The Labute approximate surface area is 114 Å². The molecule has 19 heavy (non-hydrogen) atoms. The Kier molecular flexibility index (Phi) is 3.88.